The summed E-state index contributed by atoms with van der Waals surface area (Å²) in [4.78, 5) is 11.9. The number of benzene rings is 2. The van der Waals surface area contributed by atoms with Crippen molar-refractivity contribution in [1.82, 2.24) is 5.32 Å². The van der Waals surface area contributed by atoms with E-state index in [9.17, 15) is 9.90 Å². The van der Waals surface area contributed by atoms with E-state index < -0.39 is 0 Å². The second kappa shape index (κ2) is 8.18. The van der Waals surface area contributed by atoms with Crippen molar-refractivity contribution in [3.63, 3.8) is 0 Å². The van der Waals surface area contributed by atoms with E-state index in [2.05, 4.69) is 26.1 Å². The normalized spacial score (nSPS) is 11.6. The minimum Gasteiger partial charge on any atom is -0.507 e. The Morgan fingerprint density at radius 1 is 1.12 bits per heavy atom. The molecule has 2 aromatic carbocycles. The summed E-state index contributed by atoms with van der Waals surface area (Å²) in [5.41, 5.74) is 0.819. The van der Waals surface area contributed by atoms with Crippen LogP contribution in [0.2, 0.25) is 0 Å². The number of hydrogen-bond acceptors (Lipinski definition) is 2. The molecular formula is C21H29NO2. The summed E-state index contributed by atoms with van der Waals surface area (Å²) in [6.07, 6.45) is 4.50. The third kappa shape index (κ3) is 4.98. The molecule has 3 heteroatoms. The minimum absolute atomic E-state index is 0.111. The maximum absolute atomic E-state index is 11.9. The van der Waals surface area contributed by atoms with Gasteiger partial charge in [0.05, 0.1) is 0 Å². The highest BCUT2D eigenvalue weighted by Gasteiger charge is 2.21. The maximum Gasteiger partial charge on any atom is 0.220 e. The van der Waals surface area contributed by atoms with Gasteiger partial charge in [0.1, 0.15) is 5.75 Å². The third-order valence-corrected chi connectivity index (χ3v) is 4.42. The molecule has 0 radical (unpaired) electrons. The van der Waals surface area contributed by atoms with Gasteiger partial charge in [-0.15, -0.1) is 0 Å². The predicted octanol–water partition coefficient (Wildman–Crippen LogP) is 4.81. The minimum atomic E-state index is -0.111. The van der Waals surface area contributed by atoms with Crippen LogP contribution >= 0.6 is 0 Å². The number of carbonyl (C=O) groups is 1. The highest BCUT2D eigenvalue weighted by atomic mass is 16.3. The molecule has 0 heterocycles. The van der Waals surface area contributed by atoms with Gasteiger partial charge in [0.25, 0.3) is 0 Å². The van der Waals surface area contributed by atoms with E-state index >= 15 is 0 Å². The fraction of sp³-hybridized carbons (Fsp3) is 0.476. The number of aromatic hydroxyl groups is 1. The Morgan fingerprint density at radius 2 is 1.88 bits per heavy atom. The molecule has 0 unspecified atom stereocenters. The van der Waals surface area contributed by atoms with Crippen LogP contribution in [0.5, 0.6) is 5.75 Å². The summed E-state index contributed by atoms with van der Waals surface area (Å²) in [5.74, 6) is 0.481. The number of nitrogens with one attached hydrogen (secondary N) is 1. The summed E-state index contributed by atoms with van der Waals surface area (Å²) in [5, 5.41) is 15.5. The zero-order valence-electron chi connectivity index (χ0n) is 15.1. The molecular weight excluding hydrogens is 298 g/mol. The lowest BCUT2D eigenvalue weighted by molar-refractivity contribution is -0.121. The molecule has 0 aliphatic carbocycles. The van der Waals surface area contributed by atoms with Crippen molar-refractivity contribution in [2.75, 3.05) is 6.54 Å². The van der Waals surface area contributed by atoms with Gasteiger partial charge in [-0.2, -0.15) is 0 Å². The topological polar surface area (TPSA) is 49.3 Å². The van der Waals surface area contributed by atoms with Crippen LogP contribution in [-0.4, -0.2) is 17.6 Å². The van der Waals surface area contributed by atoms with Gasteiger partial charge in [-0.3, -0.25) is 4.79 Å². The van der Waals surface area contributed by atoms with Crippen LogP contribution in [0.25, 0.3) is 10.8 Å². The standard InChI is InChI=1S/C21H29NO2/c1-4-5-6-11-19(23)22-15-21(2,3)14-17-13-12-16-9-7-8-10-18(16)20(17)24/h7-10,12-13,24H,4-6,11,14-15H2,1-3H3,(H,22,23). The molecule has 24 heavy (non-hydrogen) atoms. The zero-order valence-corrected chi connectivity index (χ0v) is 15.1. The van der Waals surface area contributed by atoms with Crippen LogP contribution in [0.1, 0.15) is 52.0 Å². The molecule has 0 aromatic heterocycles. The average molecular weight is 327 g/mol. The Morgan fingerprint density at radius 3 is 2.62 bits per heavy atom. The molecule has 0 saturated carbocycles. The fourth-order valence-electron chi connectivity index (χ4n) is 2.98. The van der Waals surface area contributed by atoms with E-state index in [0.717, 1.165) is 42.0 Å². The first kappa shape index (κ1) is 18.3. The van der Waals surface area contributed by atoms with Gasteiger partial charge < -0.3 is 10.4 Å². The van der Waals surface area contributed by atoms with Crippen molar-refractivity contribution in [3.8, 4) is 5.75 Å². The number of unbranched alkanes of at least 4 members (excludes halogenated alkanes) is 2. The van der Waals surface area contributed by atoms with E-state index in [1.54, 1.807) is 0 Å². The molecule has 0 atom stereocenters. The zero-order chi connectivity index (χ0) is 17.6. The van der Waals surface area contributed by atoms with Gasteiger partial charge in [0.2, 0.25) is 5.91 Å². The van der Waals surface area contributed by atoms with Gasteiger partial charge in [-0.1, -0.05) is 70.0 Å². The van der Waals surface area contributed by atoms with Crippen LogP contribution < -0.4 is 5.32 Å². The smallest absolute Gasteiger partial charge is 0.220 e. The lowest BCUT2D eigenvalue weighted by atomic mass is 9.84. The number of fused-ring (bicyclic) bond motifs is 1. The van der Waals surface area contributed by atoms with E-state index in [-0.39, 0.29) is 11.3 Å². The van der Waals surface area contributed by atoms with E-state index in [1.165, 1.54) is 0 Å². The molecule has 0 fully saturated rings. The van der Waals surface area contributed by atoms with E-state index in [4.69, 9.17) is 0 Å². The number of phenolic OH excluding ortho intramolecular Hbond substituents is 1. The number of phenols is 1. The van der Waals surface area contributed by atoms with E-state index in [0.29, 0.717) is 18.7 Å². The van der Waals surface area contributed by atoms with Gasteiger partial charge in [0, 0.05) is 18.4 Å². The average Bonchev–Trinajstić information content (AvgIpc) is 2.56. The van der Waals surface area contributed by atoms with Crippen LogP contribution in [0.4, 0.5) is 0 Å². The number of hydrogen-bond donors (Lipinski definition) is 2. The molecule has 0 spiro atoms. The lowest BCUT2D eigenvalue weighted by Gasteiger charge is -2.26. The Kier molecular flexibility index (Phi) is 6.24. The molecule has 0 saturated heterocycles. The van der Waals surface area contributed by atoms with Gasteiger partial charge in [-0.05, 0) is 29.2 Å². The third-order valence-electron chi connectivity index (χ3n) is 4.42. The first-order valence-electron chi connectivity index (χ1n) is 8.89. The first-order chi connectivity index (χ1) is 11.4. The van der Waals surface area contributed by atoms with Crippen LogP contribution in [-0.2, 0) is 11.2 Å². The highest BCUT2D eigenvalue weighted by Crippen LogP contribution is 2.33. The Labute approximate surface area is 145 Å². The number of rotatable bonds is 8. The summed E-state index contributed by atoms with van der Waals surface area (Å²) in [6, 6.07) is 11.9. The van der Waals surface area contributed by atoms with Gasteiger partial charge >= 0.3 is 0 Å². The van der Waals surface area contributed by atoms with Crippen molar-refractivity contribution in [2.24, 2.45) is 5.41 Å². The number of amides is 1. The second-order valence-corrected chi connectivity index (χ2v) is 7.37. The Balaban J connectivity index is 1.98. The van der Waals surface area contributed by atoms with Crippen LogP contribution in [0, 0.1) is 5.41 Å². The Hall–Kier alpha value is -2.03. The van der Waals surface area contributed by atoms with Crippen molar-refractivity contribution in [3.05, 3.63) is 42.0 Å². The van der Waals surface area contributed by atoms with Gasteiger partial charge in [-0.25, -0.2) is 0 Å². The maximum atomic E-state index is 11.9. The Bertz CT molecular complexity index is 691. The SMILES string of the molecule is CCCCCC(=O)NCC(C)(C)Cc1ccc2ccccc2c1O. The molecule has 1 amide bonds. The molecule has 3 nitrogen and oxygen atoms in total. The fourth-order valence-corrected chi connectivity index (χ4v) is 2.98. The summed E-state index contributed by atoms with van der Waals surface area (Å²) in [7, 11) is 0. The summed E-state index contributed by atoms with van der Waals surface area (Å²) in [6.45, 7) is 6.99. The molecule has 0 aliphatic rings. The van der Waals surface area contributed by atoms with Crippen molar-refractivity contribution in [1.29, 1.82) is 0 Å². The first-order valence-corrected chi connectivity index (χ1v) is 8.89. The lowest BCUT2D eigenvalue weighted by Crippen LogP contribution is -2.35. The van der Waals surface area contributed by atoms with Crippen LogP contribution in [0.3, 0.4) is 0 Å². The molecule has 130 valence electrons. The van der Waals surface area contributed by atoms with Gasteiger partial charge in [0.15, 0.2) is 0 Å². The monoisotopic (exact) mass is 327 g/mol. The van der Waals surface area contributed by atoms with Crippen molar-refractivity contribution >= 4 is 16.7 Å². The largest absolute Gasteiger partial charge is 0.507 e. The van der Waals surface area contributed by atoms with Crippen LogP contribution in [0.15, 0.2) is 36.4 Å². The number of carbonyl (C=O) groups excluding carboxylic acids is 1. The molecule has 0 bridgehead atoms. The van der Waals surface area contributed by atoms with Crippen molar-refractivity contribution < 1.29 is 9.90 Å². The molecule has 2 rings (SSSR count). The quantitative estimate of drug-likeness (QED) is 0.684. The molecule has 0 aliphatic heterocycles. The molecule has 2 N–H and O–H groups in total. The van der Waals surface area contributed by atoms with E-state index in [1.807, 2.05) is 36.4 Å². The second-order valence-electron chi connectivity index (χ2n) is 7.37. The highest BCUT2D eigenvalue weighted by molar-refractivity contribution is 5.89. The molecule has 2 aromatic rings. The summed E-state index contributed by atoms with van der Waals surface area (Å²) < 4.78 is 0. The van der Waals surface area contributed by atoms with Crippen molar-refractivity contribution in [2.45, 2.75) is 52.9 Å². The summed E-state index contributed by atoms with van der Waals surface area (Å²) >= 11 is 0. The predicted molar refractivity (Wildman–Crippen MR) is 100 cm³/mol.